The summed E-state index contributed by atoms with van der Waals surface area (Å²) in [7, 11) is 0. The molecule has 0 heterocycles. The highest BCUT2D eigenvalue weighted by Gasteiger charge is 2.08. The molecule has 7 heteroatoms. The molecule has 5 nitrogen and oxygen atoms in total. The number of phenols is 1. The van der Waals surface area contributed by atoms with E-state index in [1.165, 1.54) is 6.21 Å². The maximum absolute atomic E-state index is 11.9. The van der Waals surface area contributed by atoms with Crippen LogP contribution in [0.2, 0.25) is 0 Å². The first-order valence-corrected chi connectivity index (χ1v) is 8.62. The Morgan fingerprint density at radius 1 is 1.39 bits per heavy atom. The number of rotatable bonds is 5. The van der Waals surface area contributed by atoms with Gasteiger partial charge in [-0.15, -0.1) is 0 Å². The molecular formula is C16H14BrIN2O3. The fraction of sp³-hybridized carbons (Fsp3) is 0.125. The van der Waals surface area contributed by atoms with Crippen molar-refractivity contribution in [2.45, 2.75) is 6.92 Å². The second-order valence-electron chi connectivity index (χ2n) is 4.49. The van der Waals surface area contributed by atoms with Crippen LogP contribution in [0.15, 0.2) is 46.0 Å². The molecule has 0 atom stereocenters. The summed E-state index contributed by atoms with van der Waals surface area (Å²) in [6.45, 7) is 2.26. The van der Waals surface area contributed by atoms with Gasteiger partial charge in [-0.05, 0) is 87.4 Å². The predicted molar refractivity (Wildman–Crippen MR) is 101 cm³/mol. The van der Waals surface area contributed by atoms with E-state index in [9.17, 15) is 9.90 Å². The Kier molecular flexibility index (Phi) is 6.40. The van der Waals surface area contributed by atoms with Crippen molar-refractivity contribution in [1.82, 2.24) is 5.43 Å². The number of hydrazone groups is 1. The minimum atomic E-state index is -0.291. The zero-order chi connectivity index (χ0) is 16.8. The van der Waals surface area contributed by atoms with Crippen molar-refractivity contribution in [2.75, 3.05) is 6.61 Å². The van der Waals surface area contributed by atoms with Crippen molar-refractivity contribution in [1.29, 1.82) is 0 Å². The van der Waals surface area contributed by atoms with Crippen LogP contribution in [-0.2, 0) is 0 Å². The number of carbonyl (C=O) groups excluding carboxylic acids is 1. The lowest BCUT2D eigenvalue weighted by Gasteiger charge is -2.08. The zero-order valence-corrected chi connectivity index (χ0v) is 16.0. The number of ether oxygens (including phenoxy) is 1. The summed E-state index contributed by atoms with van der Waals surface area (Å²) in [5.41, 5.74) is 3.68. The molecule has 1 amide bonds. The van der Waals surface area contributed by atoms with E-state index in [0.29, 0.717) is 28.0 Å². The first-order chi connectivity index (χ1) is 11.0. The number of phenolic OH excluding ortho intramolecular Hbond substituents is 1. The number of nitrogens with zero attached hydrogens (tertiary/aromatic N) is 1. The predicted octanol–water partition coefficient (Wildman–Crippen LogP) is 3.92. The molecule has 0 spiro atoms. The molecular weight excluding hydrogens is 475 g/mol. The molecule has 0 aliphatic rings. The molecule has 0 aromatic heterocycles. The summed E-state index contributed by atoms with van der Waals surface area (Å²) in [5.74, 6) is 0.0970. The van der Waals surface area contributed by atoms with Crippen molar-refractivity contribution in [3.05, 3.63) is 55.6 Å². The second-order valence-corrected chi connectivity index (χ2v) is 6.59. The maximum atomic E-state index is 11.9. The van der Waals surface area contributed by atoms with Gasteiger partial charge in [0, 0.05) is 9.13 Å². The van der Waals surface area contributed by atoms with Crippen LogP contribution in [0.3, 0.4) is 0 Å². The van der Waals surface area contributed by atoms with Gasteiger partial charge in [-0.3, -0.25) is 4.79 Å². The number of aromatic hydroxyl groups is 1. The van der Waals surface area contributed by atoms with Gasteiger partial charge in [0.25, 0.3) is 5.91 Å². The number of halogens is 2. The quantitative estimate of drug-likeness (QED) is 0.380. The SMILES string of the molecule is CCOc1cc(/C=N\NC(=O)c2ccc(I)cc2)cc(Br)c1O. The van der Waals surface area contributed by atoms with Gasteiger partial charge in [0.2, 0.25) is 0 Å². The van der Waals surface area contributed by atoms with Crippen molar-refractivity contribution in [2.24, 2.45) is 5.10 Å². The maximum Gasteiger partial charge on any atom is 0.271 e. The fourth-order valence-corrected chi connectivity index (χ4v) is 2.58. The molecule has 0 saturated carbocycles. The van der Waals surface area contributed by atoms with Crippen molar-refractivity contribution in [3.8, 4) is 11.5 Å². The number of benzene rings is 2. The Bertz CT molecular complexity index is 733. The Hall–Kier alpha value is -1.61. The molecule has 23 heavy (non-hydrogen) atoms. The van der Waals surface area contributed by atoms with Crippen LogP contribution in [-0.4, -0.2) is 23.8 Å². The average Bonchev–Trinajstić information content (AvgIpc) is 2.53. The summed E-state index contributed by atoms with van der Waals surface area (Å²) < 4.78 is 6.89. The van der Waals surface area contributed by atoms with E-state index in [-0.39, 0.29) is 11.7 Å². The minimum absolute atomic E-state index is 0.0342. The summed E-state index contributed by atoms with van der Waals surface area (Å²) in [5, 5.41) is 13.8. The minimum Gasteiger partial charge on any atom is -0.503 e. The highest BCUT2D eigenvalue weighted by Crippen LogP contribution is 2.34. The number of hydrogen-bond acceptors (Lipinski definition) is 4. The monoisotopic (exact) mass is 488 g/mol. The molecule has 2 N–H and O–H groups in total. The van der Waals surface area contributed by atoms with E-state index < -0.39 is 0 Å². The van der Waals surface area contributed by atoms with Crippen molar-refractivity contribution < 1.29 is 14.6 Å². The standard InChI is InChI=1S/C16H14BrIN2O3/c1-2-23-14-8-10(7-13(17)15(14)21)9-19-20-16(22)11-3-5-12(18)6-4-11/h3-9,21H,2H2,1H3,(H,20,22)/b19-9-. The Morgan fingerprint density at radius 3 is 2.74 bits per heavy atom. The van der Waals surface area contributed by atoms with E-state index >= 15 is 0 Å². The lowest BCUT2D eigenvalue weighted by atomic mass is 10.2. The van der Waals surface area contributed by atoms with Gasteiger partial charge in [-0.2, -0.15) is 5.10 Å². The fourth-order valence-electron chi connectivity index (χ4n) is 1.77. The molecule has 2 aromatic carbocycles. The van der Waals surface area contributed by atoms with Crippen molar-refractivity contribution in [3.63, 3.8) is 0 Å². The smallest absolute Gasteiger partial charge is 0.271 e. The van der Waals surface area contributed by atoms with Crippen LogP contribution in [0, 0.1) is 3.57 Å². The van der Waals surface area contributed by atoms with Crippen LogP contribution in [0.25, 0.3) is 0 Å². The summed E-state index contributed by atoms with van der Waals surface area (Å²) in [4.78, 5) is 11.9. The molecule has 0 aliphatic heterocycles. The average molecular weight is 489 g/mol. The largest absolute Gasteiger partial charge is 0.503 e. The third kappa shape index (κ3) is 4.93. The Labute approximate surface area is 156 Å². The van der Waals surface area contributed by atoms with E-state index in [2.05, 4.69) is 49.0 Å². The molecule has 0 aliphatic carbocycles. The summed E-state index contributed by atoms with van der Waals surface area (Å²) in [6, 6.07) is 10.5. The van der Waals surface area contributed by atoms with Crippen LogP contribution in [0.5, 0.6) is 11.5 Å². The molecule has 2 aromatic rings. The van der Waals surface area contributed by atoms with Gasteiger partial charge in [0.1, 0.15) is 0 Å². The first kappa shape index (κ1) is 17.7. The molecule has 0 bridgehead atoms. The van der Waals surface area contributed by atoms with E-state index in [1.54, 1.807) is 24.3 Å². The van der Waals surface area contributed by atoms with Crippen molar-refractivity contribution >= 4 is 50.6 Å². The summed E-state index contributed by atoms with van der Waals surface area (Å²) in [6.07, 6.45) is 1.48. The van der Waals surface area contributed by atoms with E-state index in [4.69, 9.17) is 4.74 Å². The van der Waals surface area contributed by atoms with Gasteiger partial charge < -0.3 is 9.84 Å². The van der Waals surface area contributed by atoms with Crippen LogP contribution < -0.4 is 10.2 Å². The van der Waals surface area contributed by atoms with Crippen LogP contribution in [0.4, 0.5) is 0 Å². The van der Waals surface area contributed by atoms with E-state index in [1.807, 2.05) is 19.1 Å². The Balaban J connectivity index is 2.08. The third-order valence-corrected chi connectivity index (χ3v) is 4.16. The van der Waals surface area contributed by atoms with Gasteiger partial charge in [-0.1, -0.05) is 0 Å². The number of carbonyl (C=O) groups is 1. The number of hydrogen-bond donors (Lipinski definition) is 2. The number of nitrogens with one attached hydrogen (secondary N) is 1. The highest BCUT2D eigenvalue weighted by molar-refractivity contribution is 14.1. The summed E-state index contributed by atoms with van der Waals surface area (Å²) >= 11 is 5.43. The van der Waals surface area contributed by atoms with Crippen LogP contribution in [0.1, 0.15) is 22.8 Å². The molecule has 0 fully saturated rings. The lowest BCUT2D eigenvalue weighted by Crippen LogP contribution is -2.17. The lowest BCUT2D eigenvalue weighted by molar-refractivity contribution is 0.0955. The normalized spacial score (nSPS) is 10.7. The van der Waals surface area contributed by atoms with Gasteiger partial charge >= 0.3 is 0 Å². The molecule has 120 valence electrons. The molecule has 0 saturated heterocycles. The molecule has 0 radical (unpaired) electrons. The molecule has 0 unspecified atom stereocenters. The topological polar surface area (TPSA) is 70.9 Å². The highest BCUT2D eigenvalue weighted by atomic mass is 127. The van der Waals surface area contributed by atoms with Gasteiger partial charge in [0.05, 0.1) is 17.3 Å². The molecule has 2 rings (SSSR count). The number of amides is 1. The second kappa shape index (κ2) is 8.30. The first-order valence-electron chi connectivity index (χ1n) is 6.75. The van der Waals surface area contributed by atoms with Crippen LogP contribution >= 0.6 is 38.5 Å². The zero-order valence-electron chi connectivity index (χ0n) is 12.2. The third-order valence-electron chi connectivity index (χ3n) is 2.84. The van der Waals surface area contributed by atoms with Gasteiger partial charge in [-0.25, -0.2) is 5.43 Å². The Morgan fingerprint density at radius 2 is 2.09 bits per heavy atom. The van der Waals surface area contributed by atoms with Gasteiger partial charge in [0.15, 0.2) is 11.5 Å². The van der Waals surface area contributed by atoms with E-state index in [0.717, 1.165) is 3.57 Å².